The lowest BCUT2D eigenvalue weighted by molar-refractivity contribution is -0.140. The Labute approximate surface area is 110 Å². The zero-order valence-electron chi connectivity index (χ0n) is 12.2. The number of rotatable bonds is 10. The van der Waals surface area contributed by atoms with Crippen LogP contribution in [-0.4, -0.2) is 49.1 Å². The average molecular weight is 261 g/mol. The van der Waals surface area contributed by atoms with E-state index in [2.05, 4.69) is 5.32 Å². The first-order valence-corrected chi connectivity index (χ1v) is 6.40. The minimum atomic E-state index is -0.829. The van der Waals surface area contributed by atoms with Crippen molar-refractivity contribution in [3.63, 3.8) is 0 Å². The third-order valence-electron chi connectivity index (χ3n) is 2.78. The zero-order chi connectivity index (χ0) is 14.2. The summed E-state index contributed by atoms with van der Waals surface area (Å²) in [6, 6.07) is -0.390. The van der Waals surface area contributed by atoms with Gasteiger partial charge >= 0.3 is 5.97 Å². The van der Waals surface area contributed by atoms with Gasteiger partial charge in [-0.1, -0.05) is 13.8 Å². The van der Waals surface area contributed by atoms with Gasteiger partial charge in [0.15, 0.2) is 0 Å². The highest BCUT2D eigenvalue weighted by atomic mass is 16.5. The summed E-state index contributed by atoms with van der Waals surface area (Å²) in [5.74, 6) is -0.829. The minimum absolute atomic E-state index is 0.151. The van der Waals surface area contributed by atoms with Gasteiger partial charge in [0.25, 0.3) is 0 Å². The highest BCUT2D eigenvalue weighted by molar-refractivity contribution is 5.73. The number of hydrogen-bond acceptors (Lipinski definition) is 4. The molecule has 0 aliphatic carbocycles. The quantitative estimate of drug-likeness (QED) is 0.585. The van der Waals surface area contributed by atoms with E-state index in [9.17, 15) is 4.79 Å². The van der Waals surface area contributed by atoms with Crippen LogP contribution >= 0.6 is 0 Å². The van der Waals surface area contributed by atoms with Crippen LogP contribution in [0.2, 0.25) is 0 Å². The van der Waals surface area contributed by atoms with E-state index in [0.717, 1.165) is 6.42 Å². The van der Waals surface area contributed by atoms with E-state index in [4.69, 9.17) is 14.6 Å². The highest BCUT2D eigenvalue weighted by Gasteiger charge is 2.18. The number of hydrogen-bond donors (Lipinski definition) is 2. The molecule has 0 aromatic rings. The van der Waals surface area contributed by atoms with E-state index >= 15 is 0 Å². The molecule has 0 radical (unpaired) electrons. The molecule has 0 amide bonds. The van der Waals surface area contributed by atoms with Crippen LogP contribution in [-0.2, 0) is 14.3 Å². The molecule has 0 spiro atoms. The summed E-state index contributed by atoms with van der Waals surface area (Å²) in [5.41, 5.74) is -0.192. The second-order valence-electron chi connectivity index (χ2n) is 5.33. The topological polar surface area (TPSA) is 67.8 Å². The Morgan fingerprint density at radius 1 is 1.33 bits per heavy atom. The third-order valence-corrected chi connectivity index (χ3v) is 2.78. The van der Waals surface area contributed by atoms with Gasteiger partial charge in [-0.3, -0.25) is 4.79 Å². The van der Waals surface area contributed by atoms with Crippen molar-refractivity contribution in [1.82, 2.24) is 5.32 Å². The molecule has 0 aromatic heterocycles. The van der Waals surface area contributed by atoms with E-state index in [1.807, 2.05) is 27.7 Å². The largest absolute Gasteiger partial charge is 0.480 e. The molecule has 0 bridgehead atoms. The van der Waals surface area contributed by atoms with Gasteiger partial charge in [-0.15, -0.1) is 0 Å². The molecule has 5 heteroatoms. The summed E-state index contributed by atoms with van der Waals surface area (Å²) in [6.07, 6.45) is 1.26. The molecule has 0 heterocycles. The third kappa shape index (κ3) is 8.44. The molecular formula is C13H27NO4. The van der Waals surface area contributed by atoms with Crippen LogP contribution in [0.15, 0.2) is 0 Å². The summed E-state index contributed by atoms with van der Waals surface area (Å²) >= 11 is 0. The zero-order valence-corrected chi connectivity index (χ0v) is 12.2. The van der Waals surface area contributed by atoms with Gasteiger partial charge in [0.1, 0.15) is 6.04 Å². The van der Waals surface area contributed by atoms with Crippen molar-refractivity contribution >= 4 is 5.97 Å². The Hall–Kier alpha value is -0.650. The standard InChI is InChI=1S/C13H27NO4/c1-10(2)14-11(12(15)16)6-8-18-9-7-13(3,4)17-5/h10-11,14H,6-9H2,1-5H3,(H,15,16). The number of methoxy groups -OCH3 is 1. The number of nitrogens with one attached hydrogen (secondary N) is 1. The fourth-order valence-corrected chi connectivity index (χ4v) is 1.40. The predicted octanol–water partition coefficient (Wildman–Crippen LogP) is 1.66. The van der Waals surface area contributed by atoms with Crippen molar-refractivity contribution in [3.8, 4) is 0 Å². The Balaban J connectivity index is 3.77. The molecule has 108 valence electrons. The van der Waals surface area contributed by atoms with Gasteiger partial charge in [0.2, 0.25) is 0 Å². The minimum Gasteiger partial charge on any atom is -0.480 e. The molecule has 18 heavy (non-hydrogen) atoms. The molecule has 1 unspecified atom stereocenters. The van der Waals surface area contributed by atoms with E-state index in [1.54, 1.807) is 7.11 Å². The highest BCUT2D eigenvalue weighted by Crippen LogP contribution is 2.12. The molecule has 1 atom stereocenters. The molecule has 5 nitrogen and oxygen atoms in total. The van der Waals surface area contributed by atoms with Gasteiger partial charge in [-0.2, -0.15) is 0 Å². The summed E-state index contributed by atoms with van der Waals surface area (Å²) in [5, 5.41) is 12.0. The summed E-state index contributed by atoms with van der Waals surface area (Å²) in [6.45, 7) is 8.87. The van der Waals surface area contributed by atoms with Gasteiger partial charge in [-0.05, 0) is 26.7 Å². The summed E-state index contributed by atoms with van der Waals surface area (Å²) in [4.78, 5) is 11.0. The molecule has 0 saturated carbocycles. The van der Waals surface area contributed by atoms with Gasteiger partial charge in [-0.25, -0.2) is 0 Å². The second-order valence-corrected chi connectivity index (χ2v) is 5.33. The molecule has 0 saturated heterocycles. The van der Waals surface area contributed by atoms with Crippen LogP contribution in [0.25, 0.3) is 0 Å². The molecule has 0 aliphatic rings. The maximum Gasteiger partial charge on any atom is 0.320 e. The average Bonchev–Trinajstić information content (AvgIpc) is 2.26. The lowest BCUT2D eigenvalue weighted by Gasteiger charge is -2.23. The first-order chi connectivity index (χ1) is 8.28. The number of ether oxygens (including phenoxy) is 2. The fourth-order valence-electron chi connectivity index (χ4n) is 1.40. The predicted molar refractivity (Wildman–Crippen MR) is 70.8 cm³/mol. The van der Waals surface area contributed by atoms with Crippen molar-refractivity contribution in [3.05, 3.63) is 0 Å². The Morgan fingerprint density at radius 2 is 1.94 bits per heavy atom. The molecule has 0 aromatic carbocycles. The molecule has 0 aliphatic heterocycles. The monoisotopic (exact) mass is 261 g/mol. The van der Waals surface area contributed by atoms with Gasteiger partial charge < -0.3 is 19.9 Å². The first-order valence-electron chi connectivity index (χ1n) is 6.40. The molecular weight excluding hydrogens is 234 g/mol. The van der Waals surface area contributed by atoms with E-state index in [-0.39, 0.29) is 11.6 Å². The normalized spacial score (nSPS) is 13.9. The molecule has 0 fully saturated rings. The van der Waals surface area contributed by atoms with Gasteiger partial charge in [0.05, 0.1) is 5.60 Å². The lowest BCUT2D eigenvalue weighted by atomic mass is 10.1. The van der Waals surface area contributed by atoms with E-state index in [0.29, 0.717) is 19.6 Å². The fraction of sp³-hybridized carbons (Fsp3) is 0.923. The van der Waals surface area contributed by atoms with Crippen LogP contribution in [0.3, 0.4) is 0 Å². The Morgan fingerprint density at radius 3 is 2.39 bits per heavy atom. The van der Waals surface area contributed by atoms with Crippen LogP contribution < -0.4 is 5.32 Å². The second kappa shape index (κ2) is 8.45. The van der Waals surface area contributed by atoms with Crippen LogP contribution in [0.5, 0.6) is 0 Å². The summed E-state index contributed by atoms with van der Waals surface area (Å²) < 4.78 is 10.7. The summed E-state index contributed by atoms with van der Waals surface area (Å²) in [7, 11) is 1.67. The van der Waals surface area contributed by atoms with Crippen molar-refractivity contribution in [1.29, 1.82) is 0 Å². The molecule has 2 N–H and O–H groups in total. The maximum absolute atomic E-state index is 11.0. The van der Waals surface area contributed by atoms with Gasteiger partial charge in [0, 0.05) is 26.4 Å². The SMILES string of the molecule is COC(C)(C)CCOCCC(NC(C)C)C(=O)O. The Kier molecular flexibility index (Phi) is 8.15. The van der Waals surface area contributed by atoms with Crippen LogP contribution in [0, 0.1) is 0 Å². The maximum atomic E-state index is 11.0. The Bertz CT molecular complexity index is 241. The number of aliphatic carboxylic acids is 1. The number of carboxylic acids is 1. The van der Waals surface area contributed by atoms with Crippen molar-refractivity contribution in [2.24, 2.45) is 0 Å². The van der Waals surface area contributed by atoms with Crippen LogP contribution in [0.1, 0.15) is 40.5 Å². The first kappa shape index (κ1) is 17.4. The van der Waals surface area contributed by atoms with Crippen molar-refractivity contribution < 1.29 is 19.4 Å². The van der Waals surface area contributed by atoms with E-state index in [1.165, 1.54) is 0 Å². The lowest BCUT2D eigenvalue weighted by Crippen LogP contribution is -2.41. The number of carbonyl (C=O) groups is 1. The van der Waals surface area contributed by atoms with E-state index < -0.39 is 12.0 Å². The smallest absolute Gasteiger partial charge is 0.320 e. The van der Waals surface area contributed by atoms with Crippen LogP contribution in [0.4, 0.5) is 0 Å². The number of carboxylic acid groups (broad SMARTS) is 1. The molecule has 0 rings (SSSR count). The van der Waals surface area contributed by atoms with Crippen molar-refractivity contribution in [2.75, 3.05) is 20.3 Å². The van der Waals surface area contributed by atoms with Crippen molar-refractivity contribution in [2.45, 2.75) is 58.2 Å².